The Morgan fingerprint density at radius 3 is 2.72 bits per heavy atom. The minimum atomic E-state index is -0.534. The summed E-state index contributed by atoms with van der Waals surface area (Å²) in [7, 11) is 0. The van der Waals surface area contributed by atoms with Crippen molar-refractivity contribution in [1.29, 1.82) is 0 Å². The number of ether oxygens (including phenoxy) is 1. The Morgan fingerprint density at radius 2 is 1.91 bits per heavy atom. The zero-order chi connectivity index (χ0) is 22.7. The van der Waals surface area contributed by atoms with Crippen LogP contribution in [0.5, 0.6) is 0 Å². The molecule has 2 aromatic carbocycles. The van der Waals surface area contributed by atoms with Gasteiger partial charge in [-0.3, -0.25) is 9.78 Å². The van der Waals surface area contributed by atoms with E-state index >= 15 is 0 Å². The highest BCUT2D eigenvalue weighted by Crippen LogP contribution is 2.20. The van der Waals surface area contributed by atoms with Gasteiger partial charge in [-0.15, -0.1) is 11.3 Å². The van der Waals surface area contributed by atoms with E-state index in [0.29, 0.717) is 32.9 Å². The number of halogens is 1. The number of aryl methyl sites for hydroxylation is 2. The van der Waals surface area contributed by atoms with Crippen LogP contribution in [0.25, 0.3) is 10.9 Å². The summed E-state index contributed by atoms with van der Waals surface area (Å²) in [4.78, 5) is 33.5. The molecule has 0 spiro atoms. The molecule has 0 fully saturated rings. The van der Waals surface area contributed by atoms with E-state index in [2.05, 4.69) is 15.3 Å². The summed E-state index contributed by atoms with van der Waals surface area (Å²) < 4.78 is 18.8. The standard InChI is InChI=1S/C24H20FN3O3S/c1-14-5-3-4-6-20(14)28-22(29)11-23-27-18(13-32-23)12-31-24(30)19-9-16-7-8-17(25)10-21(16)26-15(19)2/h3-10,13H,11-12H2,1-2H3,(H,28,29). The topological polar surface area (TPSA) is 81.2 Å². The molecule has 0 saturated carbocycles. The fraction of sp³-hybridized carbons (Fsp3) is 0.167. The summed E-state index contributed by atoms with van der Waals surface area (Å²) in [6.07, 6.45) is 0.136. The Hall–Kier alpha value is -3.65. The lowest BCUT2D eigenvalue weighted by molar-refractivity contribution is -0.115. The average Bonchev–Trinajstić information content (AvgIpc) is 3.20. The van der Waals surface area contributed by atoms with Gasteiger partial charge in [-0.1, -0.05) is 18.2 Å². The van der Waals surface area contributed by atoms with Crippen molar-refractivity contribution in [3.8, 4) is 0 Å². The number of benzene rings is 2. The lowest BCUT2D eigenvalue weighted by Gasteiger charge is -2.08. The van der Waals surface area contributed by atoms with E-state index in [1.54, 1.807) is 24.4 Å². The second-order valence-electron chi connectivity index (χ2n) is 7.31. The van der Waals surface area contributed by atoms with Crippen molar-refractivity contribution in [1.82, 2.24) is 9.97 Å². The van der Waals surface area contributed by atoms with Gasteiger partial charge in [-0.05, 0) is 43.7 Å². The van der Waals surface area contributed by atoms with Crippen molar-refractivity contribution in [3.63, 3.8) is 0 Å². The van der Waals surface area contributed by atoms with Crippen molar-refractivity contribution in [2.45, 2.75) is 26.9 Å². The van der Waals surface area contributed by atoms with Crippen LogP contribution in [0.2, 0.25) is 0 Å². The first-order valence-electron chi connectivity index (χ1n) is 9.92. The van der Waals surface area contributed by atoms with E-state index in [0.717, 1.165) is 11.3 Å². The number of para-hydroxylation sites is 1. The number of carbonyl (C=O) groups is 2. The molecule has 4 rings (SSSR count). The molecule has 0 saturated heterocycles. The predicted octanol–water partition coefficient (Wildman–Crippen LogP) is 4.99. The highest BCUT2D eigenvalue weighted by Gasteiger charge is 2.15. The minimum absolute atomic E-state index is 0.0182. The Labute approximate surface area is 188 Å². The number of thiazole rings is 1. The van der Waals surface area contributed by atoms with Gasteiger partial charge in [0.25, 0.3) is 0 Å². The largest absolute Gasteiger partial charge is 0.455 e. The quantitative estimate of drug-likeness (QED) is 0.420. The zero-order valence-electron chi connectivity index (χ0n) is 17.5. The second kappa shape index (κ2) is 9.23. The van der Waals surface area contributed by atoms with Crippen LogP contribution in [0, 0.1) is 19.7 Å². The normalized spacial score (nSPS) is 10.8. The third-order valence-corrected chi connectivity index (χ3v) is 5.77. The zero-order valence-corrected chi connectivity index (χ0v) is 18.3. The average molecular weight is 450 g/mol. The Balaban J connectivity index is 1.37. The monoisotopic (exact) mass is 449 g/mol. The molecule has 162 valence electrons. The summed E-state index contributed by atoms with van der Waals surface area (Å²) in [5, 5.41) is 5.92. The van der Waals surface area contributed by atoms with Crippen LogP contribution >= 0.6 is 11.3 Å². The molecular formula is C24H20FN3O3S. The molecule has 0 aliphatic heterocycles. The molecule has 1 N–H and O–H groups in total. The van der Waals surface area contributed by atoms with Gasteiger partial charge in [0.15, 0.2) is 0 Å². The van der Waals surface area contributed by atoms with Gasteiger partial charge in [0.05, 0.1) is 28.9 Å². The number of aromatic nitrogens is 2. The summed E-state index contributed by atoms with van der Waals surface area (Å²) >= 11 is 1.34. The number of pyridine rings is 1. The van der Waals surface area contributed by atoms with E-state index < -0.39 is 5.97 Å². The molecule has 2 aromatic heterocycles. The Kier molecular flexibility index (Phi) is 6.23. The maximum absolute atomic E-state index is 13.4. The van der Waals surface area contributed by atoms with E-state index in [4.69, 9.17) is 4.74 Å². The van der Waals surface area contributed by atoms with Crippen LogP contribution in [0.3, 0.4) is 0 Å². The SMILES string of the molecule is Cc1ccccc1NC(=O)Cc1nc(COC(=O)c2cc3ccc(F)cc3nc2C)cs1. The fourth-order valence-corrected chi connectivity index (χ4v) is 3.98. The summed E-state index contributed by atoms with van der Waals surface area (Å²) in [5.74, 6) is -1.08. The second-order valence-corrected chi connectivity index (χ2v) is 8.25. The number of nitrogens with one attached hydrogen (secondary N) is 1. The number of fused-ring (bicyclic) bond motifs is 1. The molecule has 0 unspecified atom stereocenters. The molecule has 1 amide bonds. The number of rotatable bonds is 6. The van der Waals surface area contributed by atoms with Gasteiger partial charge in [-0.25, -0.2) is 14.2 Å². The van der Waals surface area contributed by atoms with E-state index in [1.807, 2.05) is 31.2 Å². The van der Waals surface area contributed by atoms with Gasteiger partial charge in [0.1, 0.15) is 17.4 Å². The number of anilines is 1. The maximum Gasteiger partial charge on any atom is 0.340 e. The van der Waals surface area contributed by atoms with Crippen molar-refractivity contribution in [3.05, 3.63) is 87.3 Å². The molecule has 0 bridgehead atoms. The number of amides is 1. The number of carbonyl (C=O) groups excluding carboxylic acids is 2. The van der Waals surface area contributed by atoms with Crippen molar-refractivity contribution in [2.24, 2.45) is 0 Å². The molecule has 8 heteroatoms. The molecule has 0 aliphatic carbocycles. The van der Waals surface area contributed by atoms with Crippen LogP contribution in [-0.2, 0) is 22.6 Å². The first-order valence-corrected chi connectivity index (χ1v) is 10.8. The van der Waals surface area contributed by atoms with Gasteiger partial charge in [0, 0.05) is 22.5 Å². The Morgan fingerprint density at radius 1 is 1.09 bits per heavy atom. The maximum atomic E-state index is 13.4. The third kappa shape index (κ3) is 4.97. The Bertz CT molecular complexity index is 1320. The van der Waals surface area contributed by atoms with E-state index in [1.165, 1.54) is 23.5 Å². The smallest absolute Gasteiger partial charge is 0.340 e. The molecule has 0 atom stereocenters. The van der Waals surface area contributed by atoms with Crippen LogP contribution in [-0.4, -0.2) is 21.8 Å². The van der Waals surface area contributed by atoms with Gasteiger partial charge < -0.3 is 10.1 Å². The highest BCUT2D eigenvalue weighted by atomic mass is 32.1. The lowest BCUT2D eigenvalue weighted by Crippen LogP contribution is -2.15. The summed E-state index contributed by atoms with van der Waals surface area (Å²) in [6, 6.07) is 13.4. The first kappa shape index (κ1) is 21.6. The van der Waals surface area contributed by atoms with Crippen molar-refractivity contribution in [2.75, 3.05) is 5.32 Å². The molecule has 6 nitrogen and oxygen atoms in total. The molecule has 4 aromatic rings. The van der Waals surface area contributed by atoms with Gasteiger partial charge >= 0.3 is 5.97 Å². The summed E-state index contributed by atoms with van der Waals surface area (Å²) in [5.41, 5.74) is 3.57. The number of hydrogen-bond acceptors (Lipinski definition) is 6. The van der Waals surface area contributed by atoms with Crippen LogP contribution in [0.4, 0.5) is 10.1 Å². The molecule has 0 radical (unpaired) electrons. The molecule has 2 heterocycles. The number of esters is 1. The highest BCUT2D eigenvalue weighted by molar-refractivity contribution is 7.09. The fourth-order valence-electron chi connectivity index (χ4n) is 3.20. The minimum Gasteiger partial charge on any atom is -0.455 e. The van der Waals surface area contributed by atoms with Crippen molar-refractivity contribution >= 4 is 39.8 Å². The first-order chi connectivity index (χ1) is 15.4. The third-order valence-electron chi connectivity index (χ3n) is 4.87. The summed E-state index contributed by atoms with van der Waals surface area (Å²) in [6.45, 7) is 3.58. The van der Waals surface area contributed by atoms with Gasteiger partial charge in [0.2, 0.25) is 5.91 Å². The lowest BCUT2D eigenvalue weighted by atomic mass is 10.1. The van der Waals surface area contributed by atoms with Crippen LogP contribution in [0.1, 0.15) is 32.3 Å². The predicted molar refractivity (Wildman–Crippen MR) is 121 cm³/mol. The van der Waals surface area contributed by atoms with Crippen LogP contribution < -0.4 is 5.32 Å². The van der Waals surface area contributed by atoms with Gasteiger partial charge in [-0.2, -0.15) is 0 Å². The number of hydrogen-bond donors (Lipinski definition) is 1. The number of nitrogens with zero attached hydrogens (tertiary/aromatic N) is 2. The van der Waals surface area contributed by atoms with E-state index in [-0.39, 0.29) is 24.8 Å². The molecule has 32 heavy (non-hydrogen) atoms. The van der Waals surface area contributed by atoms with E-state index in [9.17, 15) is 14.0 Å². The molecular weight excluding hydrogens is 429 g/mol. The van der Waals surface area contributed by atoms with Crippen molar-refractivity contribution < 1.29 is 18.7 Å². The molecule has 0 aliphatic rings. The van der Waals surface area contributed by atoms with Crippen LogP contribution in [0.15, 0.2) is 53.9 Å².